The van der Waals surface area contributed by atoms with Crippen molar-refractivity contribution in [2.45, 2.75) is 25.6 Å². The van der Waals surface area contributed by atoms with Crippen LogP contribution in [-0.4, -0.2) is 29.1 Å². The van der Waals surface area contributed by atoms with E-state index in [1.54, 1.807) is 6.20 Å². The molecule has 1 saturated heterocycles. The number of aromatic nitrogens is 1. The minimum Gasteiger partial charge on any atom is -0.294 e. The molecule has 2 atom stereocenters. The molecule has 0 amide bonds. The fourth-order valence-corrected chi connectivity index (χ4v) is 2.46. The molecule has 1 aliphatic rings. The lowest BCUT2D eigenvalue weighted by Gasteiger charge is -2.24. The summed E-state index contributed by atoms with van der Waals surface area (Å²) < 4.78 is 38.7. The van der Waals surface area contributed by atoms with E-state index < -0.39 is 12.1 Å². The number of nitrogens with zero attached hydrogens (tertiary/aromatic N) is 2. The monoisotopic (exact) mass is 322 g/mol. The standard InChI is InChI=1S/C12H14BrF3N2/c1-8(11-3-2-10(13)6-17-11)18-5-4-9(7-18)12(14,15)16/h2-3,6,8-9H,4-5,7H2,1H3. The van der Waals surface area contributed by atoms with Crippen molar-refractivity contribution in [2.24, 2.45) is 5.92 Å². The number of hydrogen-bond acceptors (Lipinski definition) is 2. The third-order valence-corrected chi connectivity index (χ3v) is 3.88. The lowest BCUT2D eigenvalue weighted by molar-refractivity contribution is -0.170. The Bertz CT molecular complexity index is 405. The van der Waals surface area contributed by atoms with E-state index in [4.69, 9.17) is 0 Å². The summed E-state index contributed by atoms with van der Waals surface area (Å²) in [7, 11) is 0. The highest BCUT2D eigenvalue weighted by Crippen LogP contribution is 2.36. The first-order valence-electron chi connectivity index (χ1n) is 5.80. The number of halogens is 4. The molecule has 0 aromatic carbocycles. The maximum Gasteiger partial charge on any atom is 0.393 e. The van der Waals surface area contributed by atoms with Crippen LogP contribution in [0.1, 0.15) is 25.1 Å². The van der Waals surface area contributed by atoms with Crippen LogP contribution in [0.3, 0.4) is 0 Å². The minimum absolute atomic E-state index is 0.0718. The first kappa shape index (κ1) is 13.8. The smallest absolute Gasteiger partial charge is 0.294 e. The van der Waals surface area contributed by atoms with E-state index in [1.165, 1.54) is 0 Å². The molecule has 2 nitrogen and oxygen atoms in total. The van der Waals surface area contributed by atoms with Crippen molar-refractivity contribution in [1.29, 1.82) is 0 Å². The van der Waals surface area contributed by atoms with Gasteiger partial charge in [-0.1, -0.05) is 0 Å². The van der Waals surface area contributed by atoms with Gasteiger partial charge in [-0.15, -0.1) is 0 Å². The van der Waals surface area contributed by atoms with Crippen LogP contribution < -0.4 is 0 Å². The fourth-order valence-electron chi connectivity index (χ4n) is 2.23. The molecule has 0 N–H and O–H groups in total. The highest BCUT2D eigenvalue weighted by atomic mass is 79.9. The van der Waals surface area contributed by atoms with Gasteiger partial charge in [0.2, 0.25) is 0 Å². The highest BCUT2D eigenvalue weighted by molar-refractivity contribution is 9.10. The molecule has 2 unspecified atom stereocenters. The summed E-state index contributed by atoms with van der Waals surface area (Å²) in [6, 6.07) is 3.62. The highest BCUT2D eigenvalue weighted by Gasteiger charge is 2.44. The van der Waals surface area contributed by atoms with Gasteiger partial charge >= 0.3 is 6.18 Å². The molecule has 0 bridgehead atoms. The predicted octanol–water partition coefficient (Wildman–Crippen LogP) is 3.79. The molecular formula is C12H14BrF3N2. The molecule has 0 aliphatic carbocycles. The normalized spacial score (nSPS) is 23.3. The van der Waals surface area contributed by atoms with Gasteiger partial charge in [0.1, 0.15) is 0 Å². The predicted molar refractivity (Wildman–Crippen MR) is 66.1 cm³/mol. The van der Waals surface area contributed by atoms with Crippen molar-refractivity contribution in [1.82, 2.24) is 9.88 Å². The van der Waals surface area contributed by atoms with Crippen molar-refractivity contribution in [3.63, 3.8) is 0 Å². The van der Waals surface area contributed by atoms with Crippen LogP contribution in [0.25, 0.3) is 0 Å². The number of likely N-dealkylation sites (tertiary alicyclic amines) is 1. The Labute approximate surface area is 112 Å². The van der Waals surface area contributed by atoms with E-state index in [9.17, 15) is 13.2 Å². The zero-order valence-electron chi connectivity index (χ0n) is 9.91. The van der Waals surface area contributed by atoms with E-state index in [-0.39, 0.29) is 19.0 Å². The van der Waals surface area contributed by atoms with Crippen LogP contribution in [0.2, 0.25) is 0 Å². The average molecular weight is 323 g/mol. The van der Waals surface area contributed by atoms with Crippen LogP contribution in [0.5, 0.6) is 0 Å². The second-order valence-corrected chi connectivity index (χ2v) is 5.52. The summed E-state index contributed by atoms with van der Waals surface area (Å²) in [4.78, 5) is 6.08. The van der Waals surface area contributed by atoms with Crippen LogP contribution in [0.4, 0.5) is 13.2 Å². The third kappa shape index (κ3) is 3.03. The zero-order valence-corrected chi connectivity index (χ0v) is 11.5. The maximum absolute atomic E-state index is 12.6. The van der Waals surface area contributed by atoms with Gasteiger partial charge in [0.25, 0.3) is 0 Å². The molecule has 18 heavy (non-hydrogen) atoms. The Morgan fingerprint density at radius 1 is 1.44 bits per heavy atom. The number of rotatable bonds is 2. The van der Waals surface area contributed by atoms with E-state index in [2.05, 4.69) is 20.9 Å². The number of alkyl halides is 3. The van der Waals surface area contributed by atoms with Crippen LogP contribution in [-0.2, 0) is 0 Å². The van der Waals surface area contributed by atoms with Crippen LogP contribution in [0, 0.1) is 5.92 Å². The lowest BCUT2D eigenvalue weighted by atomic mass is 10.1. The third-order valence-electron chi connectivity index (χ3n) is 3.41. The molecule has 100 valence electrons. The molecule has 1 aliphatic heterocycles. The van der Waals surface area contributed by atoms with Gasteiger partial charge in [-0.3, -0.25) is 9.88 Å². The van der Waals surface area contributed by atoms with Gasteiger partial charge in [0.05, 0.1) is 11.6 Å². The largest absolute Gasteiger partial charge is 0.393 e. The number of pyridine rings is 1. The summed E-state index contributed by atoms with van der Waals surface area (Å²) >= 11 is 3.29. The molecule has 0 saturated carbocycles. The maximum atomic E-state index is 12.6. The van der Waals surface area contributed by atoms with Crippen molar-refractivity contribution in [3.05, 3.63) is 28.5 Å². The van der Waals surface area contributed by atoms with Gasteiger partial charge in [-0.2, -0.15) is 13.2 Å². The van der Waals surface area contributed by atoms with E-state index in [0.717, 1.165) is 10.2 Å². The molecule has 0 spiro atoms. The van der Waals surface area contributed by atoms with Crippen molar-refractivity contribution < 1.29 is 13.2 Å². The molecule has 2 heterocycles. The fraction of sp³-hybridized carbons (Fsp3) is 0.583. The number of hydrogen-bond donors (Lipinski definition) is 0. The van der Waals surface area contributed by atoms with Crippen molar-refractivity contribution in [2.75, 3.05) is 13.1 Å². The zero-order chi connectivity index (χ0) is 13.3. The Hall–Kier alpha value is -0.620. The van der Waals surface area contributed by atoms with Crippen molar-refractivity contribution in [3.8, 4) is 0 Å². The molecule has 1 aromatic heterocycles. The molecule has 0 radical (unpaired) electrons. The van der Waals surface area contributed by atoms with Gasteiger partial charge in [-0.25, -0.2) is 0 Å². The Balaban J connectivity index is 2.03. The molecule has 6 heteroatoms. The summed E-state index contributed by atoms with van der Waals surface area (Å²) in [5.41, 5.74) is 0.807. The molecule has 2 rings (SSSR count). The first-order valence-corrected chi connectivity index (χ1v) is 6.59. The molecule has 1 fully saturated rings. The Kier molecular flexibility index (Phi) is 3.96. The molecule has 1 aromatic rings. The van der Waals surface area contributed by atoms with Gasteiger partial charge in [0, 0.05) is 23.3 Å². The summed E-state index contributed by atoms with van der Waals surface area (Å²) in [5.74, 6) is -1.20. The first-order chi connectivity index (χ1) is 8.38. The van der Waals surface area contributed by atoms with Gasteiger partial charge in [-0.05, 0) is 48.0 Å². The topological polar surface area (TPSA) is 16.1 Å². The van der Waals surface area contributed by atoms with Gasteiger partial charge in [0.15, 0.2) is 0 Å². The van der Waals surface area contributed by atoms with E-state index in [0.29, 0.717) is 6.54 Å². The van der Waals surface area contributed by atoms with Gasteiger partial charge < -0.3 is 0 Å². The van der Waals surface area contributed by atoms with Crippen LogP contribution in [0.15, 0.2) is 22.8 Å². The second kappa shape index (κ2) is 5.17. The average Bonchev–Trinajstić information content (AvgIpc) is 2.78. The summed E-state index contributed by atoms with van der Waals surface area (Å²) in [6.45, 7) is 2.44. The van der Waals surface area contributed by atoms with Crippen molar-refractivity contribution >= 4 is 15.9 Å². The summed E-state index contributed by atoms with van der Waals surface area (Å²) in [5, 5.41) is 0. The van der Waals surface area contributed by atoms with E-state index in [1.807, 2.05) is 24.0 Å². The quantitative estimate of drug-likeness (QED) is 0.823. The molecular weight excluding hydrogens is 309 g/mol. The van der Waals surface area contributed by atoms with Crippen LogP contribution >= 0.6 is 15.9 Å². The second-order valence-electron chi connectivity index (χ2n) is 4.60. The Morgan fingerprint density at radius 2 is 2.17 bits per heavy atom. The minimum atomic E-state index is -4.08. The SMILES string of the molecule is CC(c1ccc(Br)cn1)N1CCC(C(F)(F)F)C1. The lowest BCUT2D eigenvalue weighted by Crippen LogP contribution is -2.29. The van der Waals surface area contributed by atoms with E-state index >= 15 is 0 Å². The summed E-state index contributed by atoms with van der Waals surface area (Å²) in [6.07, 6.45) is -2.23. The Morgan fingerprint density at radius 3 is 2.67 bits per heavy atom.